The summed E-state index contributed by atoms with van der Waals surface area (Å²) in [6, 6.07) is 3.66. The summed E-state index contributed by atoms with van der Waals surface area (Å²) >= 11 is 0. The standard InChI is InChI=1S/C22H23F3N4O2/c1-11-9-29(18(30)7-26)10-12(2)22(11,31)20-15(23)5-13(6-16(20)24)14-3-4-27-21-19(14)17(25)8-28-21/h3-6,8,11-12,31H,7,9-10,26H2,1-2H3,(H,27,28)/t11-,12+,22?. The van der Waals surface area contributed by atoms with Gasteiger partial charge >= 0.3 is 0 Å². The number of aromatic amines is 1. The van der Waals surface area contributed by atoms with Crippen LogP contribution in [0.4, 0.5) is 13.2 Å². The molecule has 6 nitrogen and oxygen atoms in total. The molecule has 0 bridgehead atoms. The van der Waals surface area contributed by atoms with Crippen LogP contribution in [0.1, 0.15) is 19.4 Å². The molecule has 164 valence electrons. The summed E-state index contributed by atoms with van der Waals surface area (Å²) < 4.78 is 44.8. The van der Waals surface area contributed by atoms with E-state index in [2.05, 4.69) is 9.97 Å². The third-order valence-corrected chi connectivity index (χ3v) is 6.30. The van der Waals surface area contributed by atoms with Gasteiger partial charge in [0, 0.05) is 37.3 Å². The molecule has 4 rings (SSSR count). The van der Waals surface area contributed by atoms with E-state index in [-0.39, 0.29) is 47.7 Å². The Morgan fingerprint density at radius 1 is 1.23 bits per heavy atom. The first kappa shape index (κ1) is 21.3. The Morgan fingerprint density at radius 2 is 1.84 bits per heavy atom. The van der Waals surface area contributed by atoms with Crippen molar-refractivity contribution >= 4 is 16.9 Å². The number of nitrogens with zero attached hydrogens (tertiary/aromatic N) is 2. The number of fused-ring (bicyclic) bond motifs is 1. The van der Waals surface area contributed by atoms with Gasteiger partial charge in [-0.1, -0.05) is 13.8 Å². The number of halogens is 3. The summed E-state index contributed by atoms with van der Waals surface area (Å²) in [7, 11) is 0. The number of hydrogen-bond donors (Lipinski definition) is 3. The zero-order chi connectivity index (χ0) is 22.5. The lowest BCUT2D eigenvalue weighted by molar-refractivity contribution is -0.148. The normalized spacial score (nSPS) is 24.0. The molecule has 3 heterocycles. The van der Waals surface area contributed by atoms with Crippen molar-refractivity contribution in [2.75, 3.05) is 19.6 Å². The second-order valence-electron chi connectivity index (χ2n) is 8.16. The van der Waals surface area contributed by atoms with Gasteiger partial charge in [0.2, 0.25) is 5.91 Å². The zero-order valence-electron chi connectivity index (χ0n) is 17.1. The second-order valence-corrected chi connectivity index (χ2v) is 8.16. The third kappa shape index (κ3) is 3.28. The van der Waals surface area contributed by atoms with Crippen molar-refractivity contribution in [3.05, 3.63) is 53.6 Å². The van der Waals surface area contributed by atoms with Gasteiger partial charge in [-0.2, -0.15) is 0 Å². The highest BCUT2D eigenvalue weighted by Gasteiger charge is 2.49. The molecule has 1 aliphatic heterocycles. The largest absolute Gasteiger partial charge is 0.384 e. The number of aliphatic hydroxyl groups is 1. The van der Waals surface area contributed by atoms with Gasteiger partial charge < -0.3 is 20.7 Å². The number of benzene rings is 1. The van der Waals surface area contributed by atoms with Crippen LogP contribution in [0.15, 0.2) is 30.6 Å². The maximum absolute atomic E-state index is 15.3. The minimum atomic E-state index is -1.83. The number of nitrogens with one attached hydrogen (secondary N) is 1. The Bertz CT molecular complexity index is 1130. The summed E-state index contributed by atoms with van der Waals surface area (Å²) in [4.78, 5) is 20.2. The first-order chi connectivity index (χ1) is 14.7. The lowest BCUT2D eigenvalue weighted by Gasteiger charge is -2.48. The van der Waals surface area contributed by atoms with Crippen LogP contribution >= 0.6 is 0 Å². The highest BCUT2D eigenvalue weighted by molar-refractivity contribution is 5.93. The molecule has 0 spiro atoms. The molecule has 3 atom stereocenters. The monoisotopic (exact) mass is 432 g/mol. The van der Waals surface area contributed by atoms with Crippen LogP contribution in [0.25, 0.3) is 22.2 Å². The summed E-state index contributed by atoms with van der Waals surface area (Å²) in [5, 5.41) is 11.6. The maximum atomic E-state index is 15.3. The second kappa shape index (κ2) is 7.65. The van der Waals surface area contributed by atoms with Gasteiger partial charge in [0.25, 0.3) is 0 Å². The molecule has 0 radical (unpaired) electrons. The van der Waals surface area contributed by atoms with E-state index in [1.807, 2.05) is 0 Å². The third-order valence-electron chi connectivity index (χ3n) is 6.30. The highest BCUT2D eigenvalue weighted by Crippen LogP contribution is 2.44. The van der Waals surface area contributed by atoms with E-state index >= 15 is 8.78 Å². The average molecular weight is 432 g/mol. The van der Waals surface area contributed by atoms with Crippen LogP contribution in [0.3, 0.4) is 0 Å². The number of carbonyl (C=O) groups is 1. The molecule has 1 fully saturated rings. The number of hydrogen-bond acceptors (Lipinski definition) is 4. The number of rotatable bonds is 3. The molecular formula is C22H23F3N4O2. The first-order valence-corrected chi connectivity index (χ1v) is 10.00. The Kier molecular flexibility index (Phi) is 5.26. The molecule has 1 saturated heterocycles. The smallest absolute Gasteiger partial charge is 0.236 e. The van der Waals surface area contributed by atoms with Gasteiger partial charge in [-0.15, -0.1) is 0 Å². The van der Waals surface area contributed by atoms with Crippen molar-refractivity contribution in [3.8, 4) is 11.1 Å². The molecule has 31 heavy (non-hydrogen) atoms. The number of H-pyrrole nitrogens is 1. The van der Waals surface area contributed by atoms with Gasteiger partial charge in [-0.3, -0.25) is 4.79 Å². The van der Waals surface area contributed by atoms with Crippen LogP contribution in [-0.4, -0.2) is 45.5 Å². The van der Waals surface area contributed by atoms with Gasteiger partial charge in [-0.25, -0.2) is 18.2 Å². The number of carbonyl (C=O) groups excluding carboxylic acids is 1. The quantitative estimate of drug-likeness (QED) is 0.593. The zero-order valence-corrected chi connectivity index (χ0v) is 17.1. The van der Waals surface area contributed by atoms with Crippen LogP contribution in [0.5, 0.6) is 0 Å². The van der Waals surface area contributed by atoms with Gasteiger partial charge in [-0.05, 0) is 29.3 Å². The fourth-order valence-corrected chi connectivity index (χ4v) is 4.69. The van der Waals surface area contributed by atoms with Crippen molar-refractivity contribution in [3.63, 3.8) is 0 Å². The molecule has 1 aliphatic rings. The number of piperidine rings is 1. The SMILES string of the molecule is C[C@@H]1CN(C(=O)CN)C[C@H](C)C1(O)c1c(F)cc(-c2ccnc3[nH]cc(F)c23)cc1F. The maximum Gasteiger partial charge on any atom is 0.236 e. The molecule has 2 aromatic heterocycles. The summed E-state index contributed by atoms with van der Waals surface area (Å²) in [5.41, 5.74) is 3.82. The van der Waals surface area contributed by atoms with E-state index < -0.39 is 40.5 Å². The van der Waals surface area contributed by atoms with Crippen molar-refractivity contribution in [2.24, 2.45) is 17.6 Å². The summed E-state index contributed by atoms with van der Waals surface area (Å²) in [5.74, 6) is -4.02. The molecule has 4 N–H and O–H groups in total. The Balaban J connectivity index is 1.79. The fraction of sp³-hybridized carbons (Fsp3) is 0.364. The van der Waals surface area contributed by atoms with Gasteiger partial charge in [0.1, 0.15) is 22.9 Å². The Hall–Kier alpha value is -2.91. The van der Waals surface area contributed by atoms with E-state index in [9.17, 15) is 14.3 Å². The minimum absolute atomic E-state index is 0.122. The van der Waals surface area contributed by atoms with Crippen LogP contribution in [0.2, 0.25) is 0 Å². The summed E-state index contributed by atoms with van der Waals surface area (Å²) in [6.45, 7) is 3.35. The van der Waals surface area contributed by atoms with Crippen molar-refractivity contribution in [1.82, 2.24) is 14.9 Å². The van der Waals surface area contributed by atoms with E-state index in [0.717, 1.165) is 18.3 Å². The topological polar surface area (TPSA) is 95.2 Å². The van der Waals surface area contributed by atoms with E-state index in [4.69, 9.17) is 5.73 Å². The Labute approximate surface area is 176 Å². The van der Waals surface area contributed by atoms with Crippen LogP contribution < -0.4 is 5.73 Å². The predicted molar refractivity (Wildman–Crippen MR) is 109 cm³/mol. The molecule has 1 amide bonds. The summed E-state index contributed by atoms with van der Waals surface area (Å²) in [6.07, 6.45) is 2.55. The fourth-order valence-electron chi connectivity index (χ4n) is 4.69. The van der Waals surface area contributed by atoms with Crippen molar-refractivity contribution < 1.29 is 23.1 Å². The number of nitrogens with two attached hydrogens (primary N) is 1. The average Bonchev–Trinajstić information content (AvgIpc) is 3.11. The lowest BCUT2D eigenvalue weighted by Crippen LogP contribution is -2.57. The minimum Gasteiger partial charge on any atom is -0.384 e. The molecule has 9 heteroatoms. The number of aromatic nitrogens is 2. The molecule has 3 aromatic rings. The van der Waals surface area contributed by atoms with E-state index in [1.165, 1.54) is 17.2 Å². The number of pyridine rings is 1. The number of likely N-dealkylation sites (tertiary alicyclic amines) is 1. The lowest BCUT2D eigenvalue weighted by atomic mass is 9.70. The predicted octanol–water partition coefficient (Wildman–Crippen LogP) is 2.91. The van der Waals surface area contributed by atoms with Crippen molar-refractivity contribution in [2.45, 2.75) is 19.4 Å². The molecule has 0 aliphatic carbocycles. The number of amides is 1. The van der Waals surface area contributed by atoms with Gasteiger partial charge in [0.05, 0.1) is 17.5 Å². The highest BCUT2D eigenvalue weighted by atomic mass is 19.1. The van der Waals surface area contributed by atoms with Crippen molar-refractivity contribution in [1.29, 1.82) is 0 Å². The Morgan fingerprint density at radius 3 is 2.42 bits per heavy atom. The molecule has 1 aromatic carbocycles. The molecular weight excluding hydrogens is 409 g/mol. The van der Waals surface area contributed by atoms with Gasteiger partial charge in [0.15, 0.2) is 5.82 Å². The molecule has 0 saturated carbocycles. The molecule has 1 unspecified atom stereocenters. The van der Waals surface area contributed by atoms with Crippen LogP contribution in [0, 0.1) is 29.3 Å². The first-order valence-electron chi connectivity index (χ1n) is 10.00. The van der Waals surface area contributed by atoms with Crippen LogP contribution in [-0.2, 0) is 10.4 Å². The van der Waals surface area contributed by atoms with E-state index in [0.29, 0.717) is 0 Å². The van der Waals surface area contributed by atoms with E-state index in [1.54, 1.807) is 13.8 Å².